The molecule has 6 heteroatoms. The van der Waals surface area contributed by atoms with E-state index in [0.717, 1.165) is 27.8 Å². The number of nitrogens with zero attached hydrogens (tertiary/aromatic N) is 3. The van der Waals surface area contributed by atoms with E-state index < -0.39 is 11.6 Å². The molecule has 3 aromatic heterocycles. The van der Waals surface area contributed by atoms with Crippen LogP contribution < -0.4 is 0 Å². The van der Waals surface area contributed by atoms with Gasteiger partial charge in [-0.05, 0) is 31.2 Å². The fraction of sp³-hybridized carbons (Fsp3) is 0.0588. The molecular formula is C17H11F2N3S. The van der Waals surface area contributed by atoms with Gasteiger partial charge in [0.2, 0.25) is 0 Å². The van der Waals surface area contributed by atoms with Gasteiger partial charge in [0.25, 0.3) is 0 Å². The molecule has 3 nitrogen and oxygen atoms in total. The molecule has 0 fully saturated rings. The highest BCUT2D eigenvalue weighted by Crippen LogP contribution is 2.34. The molecule has 4 rings (SSSR count). The summed E-state index contributed by atoms with van der Waals surface area (Å²) in [5, 5.41) is 7.00. The molecule has 0 spiro atoms. The minimum Gasteiger partial charge on any atom is -0.240 e. The molecular weight excluding hydrogens is 316 g/mol. The summed E-state index contributed by atoms with van der Waals surface area (Å²) in [7, 11) is 0. The molecule has 0 N–H and O–H groups in total. The second kappa shape index (κ2) is 5.24. The van der Waals surface area contributed by atoms with Crippen molar-refractivity contribution in [1.29, 1.82) is 0 Å². The van der Waals surface area contributed by atoms with Crippen LogP contribution >= 0.6 is 11.3 Å². The Morgan fingerprint density at radius 1 is 1.13 bits per heavy atom. The van der Waals surface area contributed by atoms with Crippen LogP contribution in [0.25, 0.3) is 27.3 Å². The van der Waals surface area contributed by atoms with E-state index in [-0.39, 0.29) is 0 Å². The first-order valence-corrected chi connectivity index (χ1v) is 7.87. The Labute approximate surface area is 134 Å². The Bertz CT molecular complexity index is 1020. The summed E-state index contributed by atoms with van der Waals surface area (Å²) in [6, 6.07) is 9.33. The quantitative estimate of drug-likeness (QED) is 0.534. The summed E-state index contributed by atoms with van der Waals surface area (Å²) in [5.74, 6) is -1.21. The van der Waals surface area contributed by atoms with Crippen LogP contribution in [-0.2, 0) is 0 Å². The van der Waals surface area contributed by atoms with Crippen molar-refractivity contribution < 1.29 is 8.78 Å². The van der Waals surface area contributed by atoms with Gasteiger partial charge in [0.05, 0.1) is 22.5 Å². The molecule has 114 valence electrons. The molecule has 0 atom stereocenters. The van der Waals surface area contributed by atoms with Gasteiger partial charge in [0.1, 0.15) is 16.6 Å². The first kappa shape index (κ1) is 14.0. The average Bonchev–Trinajstić information content (AvgIpc) is 3.10. The first-order valence-electron chi connectivity index (χ1n) is 6.99. The maximum atomic E-state index is 13.9. The topological polar surface area (TPSA) is 30.2 Å². The van der Waals surface area contributed by atoms with Crippen molar-refractivity contribution in [2.45, 2.75) is 6.92 Å². The summed E-state index contributed by atoms with van der Waals surface area (Å²) in [4.78, 5) is 4.53. The zero-order valence-corrected chi connectivity index (χ0v) is 12.9. The van der Waals surface area contributed by atoms with E-state index in [2.05, 4.69) is 10.1 Å². The fourth-order valence-corrected chi connectivity index (χ4v) is 3.51. The number of fused-ring (bicyclic) bond motifs is 1. The van der Waals surface area contributed by atoms with Crippen LogP contribution in [0.1, 0.15) is 5.69 Å². The third kappa shape index (κ3) is 2.31. The average molecular weight is 327 g/mol. The molecule has 0 aliphatic carbocycles. The zero-order valence-electron chi connectivity index (χ0n) is 12.1. The van der Waals surface area contributed by atoms with Crippen LogP contribution in [0.15, 0.2) is 48.0 Å². The first-order chi connectivity index (χ1) is 11.1. The SMILES string of the molecule is Cc1nn2ccccc2c1-c1nc(-c2ccc(F)cc2F)cs1. The number of aromatic nitrogens is 3. The standard InChI is InChI=1S/C17H11F2N3S/c1-10-16(15-4-2-3-7-22(15)21-10)17-20-14(9-23-17)12-6-5-11(18)8-13(12)19/h2-9H,1H3. The van der Waals surface area contributed by atoms with E-state index in [1.54, 1.807) is 9.90 Å². The second-order valence-corrected chi connectivity index (χ2v) is 6.01. The maximum absolute atomic E-state index is 13.9. The zero-order chi connectivity index (χ0) is 16.0. The predicted molar refractivity (Wildman–Crippen MR) is 86.4 cm³/mol. The Hall–Kier alpha value is -2.60. The van der Waals surface area contributed by atoms with Gasteiger partial charge in [0.15, 0.2) is 0 Å². The monoisotopic (exact) mass is 327 g/mol. The highest BCUT2D eigenvalue weighted by molar-refractivity contribution is 7.13. The van der Waals surface area contributed by atoms with Gasteiger partial charge in [-0.1, -0.05) is 6.07 Å². The molecule has 4 aromatic rings. The number of halogens is 2. The van der Waals surface area contributed by atoms with Crippen LogP contribution in [-0.4, -0.2) is 14.6 Å². The number of thiazole rings is 1. The predicted octanol–water partition coefficient (Wildman–Crippen LogP) is 4.71. The summed E-state index contributed by atoms with van der Waals surface area (Å²) in [5.41, 5.74) is 3.53. The number of benzene rings is 1. The molecule has 0 radical (unpaired) electrons. The van der Waals surface area contributed by atoms with Gasteiger partial charge in [-0.3, -0.25) is 0 Å². The second-order valence-electron chi connectivity index (χ2n) is 5.15. The normalized spacial score (nSPS) is 11.3. The molecule has 0 saturated carbocycles. The molecule has 0 aliphatic heterocycles. The van der Waals surface area contributed by atoms with E-state index >= 15 is 0 Å². The third-order valence-electron chi connectivity index (χ3n) is 3.64. The fourth-order valence-electron chi connectivity index (χ4n) is 2.59. The number of pyridine rings is 1. The highest BCUT2D eigenvalue weighted by atomic mass is 32.1. The van der Waals surface area contributed by atoms with Gasteiger partial charge < -0.3 is 0 Å². The smallest absolute Gasteiger partial charge is 0.135 e. The number of hydrogen-bond acceptors (Lipinski definition) is 3. The van der Waals surface area contributed by atoms with Crippen LogP contribution in [0.2, 0.25) is 0 Å². The van der Waals surface area contributed by atoms with E-state index in [1.807, 2.05) is 31.3 Å². The van der Waals surface area contributed by atoms with Crippen LogP contribution in [0.4, 0.5) is 8.78 Å². The minimum atomic E-state index is -0.613. The van der Waals surface area contributed by atoms with Crippen molar-refractivity contribution in [2.24, 2.45) is 0 Å². The van der Waals surface area contributed by atoms with Gasteiger partial charge in [-0.25, -0.2) is 18.3 Å². The summed E-state index contributed by atoms with van der Waals surface area (Å²) in [6.45, 7) is 1.92. The van der Waals surface area contributed by atoms with Crippen LogP contribution in [0.3, 0.4) is 0 Å². The summed E-state index contributed by atoms with van der Waals surface area (Å²) < 4.78 is 28.8. The van der Waals surface area contributed by atoms with Crippen molar-refractivity contribution in [3.8, 4) is 21.8 Å². The molecule has 0 bridgehead atoms. The molecule has 0 aliphatic rings. The molecule has 0 unspecified atom stereocenters. The summed E-state index contributed by atoms with van der Waals surface area (Å²) >= 11 is 1.42. The van der Waals surface area contributed by atoms with Crippen molar-refractivity contribution in [1.82, 2.24) is 14.6 Å². The lowest BCUT2D eigenvalue weighted by molar-refractivity contribution is 0.585. The summed E-state index contributed by atoms with van der Waals surface area (Å²) in [6.07, 6.45) is 1.87. The maximum Gasteiger partial charge on any atom is 0.135 e. The van der Waals surface area contributed by atoms with Gasteiger partial charge in [-0.2, -0.15) is 5.10 Å². The van der Waals surface area contributed by atoms with Crippen LogP contribution in [0.5, 0.6) is 0 Å². The van der Waals surface area contributed by atoms with Crippen molar-refractivity contribution >= 4 is 16.9 Å². The molecule has 23 heavy (non-hydrogen) atoms. The van der Waals surface area contributed by atoms with Crippen molar-refractivity contribution in [3.63, 3.8) is 0 Å². The lowest BCUT2D eigenvalue weighted by Crippen LogP contribution is -1.87. The molecule has 0 saturated heterocycles. The Morgan fingerprint density at radius 2 is 2.00 bits per heavy atom. The molecule has 0 amide bonds. The van der Waals surface area contributed by atoms with Crippen LogP contribution in [0, 0.1) is 18.6 Å². The number of rotatable bonds is 2. The number of hydrogen-bond donors (Lipinski definition) is 0. The number of aryl methyl sites for hydroxylation is 1. The van der Waals surface area contributed by atoms with Gasteiger partial charge in [0, 0.05) is 23.2 Å². The highest BCUT2D eigenvalue weighted by Gasteiger charge is 2.16. The largest absolute Gasteiger partial charge is 0.240 e. The third-order valence-corrected chi connectivity index (χ3v) is 4.50. The lowest BCUT2D eigenvalue weighted by Gasteiger charge is -1.99. The molecule has 3 heterocycles. The van der Waals surface area contributed by atoms with E-state index in [4.69, 9.17) is 0 Å². The van der Waals surface area contributed by atoms with Crippen molar-refractivity contribution in [2.75, 3.05) is 0 Å². The Kier molecular flexibility index (Phi) is 3.20. The van der Waals surface area contributed by atoms with Gasteiger partial charge in [-0.15, -0.1) is 11.3 Å². The Morgan fingerprint density at radius 3 is 2.83 bits per heavy atom. The van der Waals surface area contributed by atoms with Crippen molar-refractivity contribution in [3.05, 3.63) is 65.3 Å². The lowest BCUT2D eigenvalue weighted by atomic mass is 10.1. The molecule has 1 aromatic carbocycles. The van der Waals surface area contributed by atoms with E-state index in [9.17, 15) is 8.78 Å². The minimum absolute atomic E-state index is 0.294. The van der Waals surface area contributed by atoms with Gasteiger partial charge >= 0.3 is 0 Å². The van der Waals surface area contributed by atoms with E-state index in [0.29, 0.717) is 11.3 Å². The van der Waals surface area contributed by atoms with E-state index in [1.165, 1.54) is 23.5 Å². The Balaban J connectivity index is 1.85.